The van der Waals surface area contributed by atoms with Gasteiger partial charge in [-0.1, -0.05) is 23.8 Å². The number of nitrogens with one attached hydrogen (secondary N) is 1. The van der Waals surface area contributed by atoms with Crippen molar-refractivity contribution in [2.75, 3.05) is 5.73 Å². The summed E-state index contributed by atoms with van der Waals surface area (Å²) in [6.45, 7) is 7.89. The molecule has 4 heteroatoms. The van der Waals surface area contributed by atoms with E-state index in [9.17, 15) is 4.79 Å². The van der Waals surface area contributed by atoms with Crippen LogP contribution in [0.15, 0.2) is 30.5 Å². The maximum Gasteiger partial charge on any atom is 0.253 e. The van der Waals surface area contributed by atoms with Crippen LogP contribution in [0.4, 0.5) is 5.69 Å². The van der Waals surface area contributed by atoms with Crippen LogP contribution < -0.4 is 11.1 Å². The Hall–Kier alpha value is -2.36. The van der Waals surface area contributed by atoms with Gasteiger partial charge in [-0.15, -0.1) is 0 Å². The topological polar surface area (TPSA) is 68.0 Å². The fourth-order valence-corrected chi connectivity index (χ4v) is 2.44. The lowest BCUT2D eigenvalue weighted by Crippen LogP contribution is -2.28. The standard InChI is InChI=1S/C17H21N3O/c1-10-5-6-15(11(2)7-10)13(4)20-17(21)16-8-14(18)9-19-12(16)3/h5-9,13H,18H2,1-4H3,(H,20,21). The highest BCUT2D eigenvalue weighted by atomic mass is 16.1. The van der Waals surface area contributed by atoms with E-state index in [2.05, 4.69) is 42.3 Å². The third kappa shape index (κ3) is 3.40. The number of carbonyl (C=O) groups is 1. The zero-order valence-electron chi connectivity index (χ0n) is 12.9. The molecule has 0 radical (unpaired) electrons. The monoisotopic (exact) mass is 283 g/mol. The van der Waals surface area contributed by atoms with Gasteiger partial charge < -0.3 is 11.1 Å². The molecule has 1 atom stereocenters. The van der Waals surface area contributed by atoms with Crippen molar-refractivity contribution >= 4 is 11.6 Å². The zero-order chi connectivity index (χ0) is 15.6. The van der Waals surface area contributed by atoms with Gasteiger partial charge in [-0.2, -0.15) is 0 Å². The first-order chi connectivity index (χ1) is 9.88. The summed E-state index contributed by atoms with van der Waals surface area (Å²) in [5, 5.41) is 3.01. The average molecular weight is 283 g/mol. The van der Waals surface area contributed by atoms with Crippen LogP contribution in [0.3, 0.4) is 0 Å². The lowest BCUT2D eigenvalue weighted by Gasteiger charge is -2.18. The van der Waals surface area contributed by atoms with Crippen LogP contribution >= 0.6 is 0 Å². The number of aromatic nitrogens is 1. The molecule has 0 saturated carbocycles. The Bertz CT molecular complexity index is 680. The second-order valence-electron chi connectivity index (χ2n) is 5.46. The second-order valence-corrected chi connectivity index (χ2v) is 5.46. The van der Waals surface area contributed by atoms with E-state index < -0.39 is 0 Å². The van der Waals surface area contributed by atoms with Crippen LogP contribution in [0.2, 0.25) is 0 Å². The lowest BCUT2D eigenvalue weighted by atomic mass is 10.00. The number of hydrogen-bond donors (Lipinski definition) is 2. The molecule has 0 fully saturated rings. The Balaban J connectivity index is 2.20. The molecule has 1 amide bonds. The first-order valence-corrected chi connectivity index (χ1v) is 6.98. The van der Waals surface area contributed by atoms with Crippen molar-refractivity contribution < 1.29 is 4.79 Å². The fraction of sp³-hybridized carbons (Fsp3) is 0.294. The molecule has 3 N–H and O–H groups in total. The summed E-state index contributed by atoms with van der Waals surface area (Å²) in [6, 6.07) is 7.81. The third-order valence-corrected chi connectivity index (χ3v) is 3.59. The molecule has 0 aliphatic carbocycles. The number of nitrogen functional groups attached to an aromatic ring is 1. The van der Waals surface area contributed by atoms with E-state index in [-0.39, 0.29) is 11.9 Å². The smallest absolute Gasteiger partial charge is 0.253 e. The van der Waals surface area contributed by atoms with E-state index in [1.165, 1.54) is 11.1 Å². The van der Waals surface area contributed by atoms with Crippen molar-refractivity contribution in [3.63, 3.8) is 0 Å². The maximum atomic E-state index is 12.4. The minimum absolute atomic E-state index is 0.0704. The van der Waals surface area contributed by atoms with Gasteiger partial charge in [0.1, 0.15) is 0 Å². The second kappa shape index (κ2) is 5.95. The Labute approximate surface area is 125 Å². The van der Waals surface area contributed by atoms with Gasteiger partial charge in [-0.3, -0.25) is 9.78 Å². The van der Waals surface area contributed by atoms with Crippen LogP contribution in [-0.4, -0.2) is 10.9 Å². The number of pyridine rings is 1. The first-order valence-electron chi connectivity index (χ1n) is 6.98. The predicted molar refractivity (Wildman–Crippen MR) is 85.2 cm³/mol. The van der Waals surface area contributed by atoms with Crippen molar-refractivity contribution in [2.45, 2.75) is 33.7 Å². The molecule has 4 nitrogen and oxygen atoms in total. The summed E-state index contributed by atoms with van der Waals surface area (Å²) in [7, 11) is 0. The predicted octanol–water partition coefficient (Wildman–Crippen LogP) is 3.08. The van der Waals surface area contributed by atoms with Crippen molar-refractivity contribution in [3.05, 3.63) is 58.4 Å². The number of anilines is 1. The van der Waals surface area contributed by atoms with Crippen LogP contribution in [0.5, 0.6) is 0 Å². The summed E-state index contributed by atoms with van der Waals surface area (Å²) in [4.78, 5) is 16.5. The molecule has 0 aliphatic rings. The maximum absolute atomic E-state index is 12.4. The van der Waals surface area contributed by atoms with Gasteiger partial charge in [0, 0.05) is 0 Å². The summed E-state index contributed by atoms with van der Waals surface area (Å²) in [6.07, 6.45) is 1.56. The molecule has 2 aromatic rings. The van der Waals surface area contributed by atoms with Crippen molar-refractivity contribution in [2.24, 2.45) is 0 Å². The van der Waals surface area contributed by atoms with Gasteiger partial charge in [0.15, 0.2) is 0 Å². The molecule has 0 saturated heterocycles. The highest BCUT2D eigenvalue weighted by Gasteiger charge is 2.15. The highest BCUT2D eigenvalue weighted by molar-refractivity contribution is 5.96. The summed E-state index contributed by atoms with van der Waals surface area (Å²) in [5.41, 5.74) is 10.9. The molecule has 110 valence electrons. The fourth-order valence-electron chi connectivity index (χ4n) is 2.44. The van der Waals surface area contributed by atoms with E-state index in [1.54, 1.807) is 19.2 Å². The van der Waals surface area contributed by atoms with Crippen LogP contribution in [-0.2, 0) is 0 Å². The molecule has 1 unspecified atom stereocenters. The quantitative estimate of drug-likeness (QED) is 0.909. The van der Waals surface area contributed by atoms with Gasteiger partial charge in [0.05, 0.1) is 29.2 Å². The average Bonchev–Trinajstić information content (AvgIpc) is 2.41. The van der Waals surface area contributed by atoms with Gasteiger partial charge in [-0.25, -0.2) is 0 Å². The van der Waals surface area contributed by atoms with E-state index in [4.69, 9.17) is 5.73 Å². The SMILES string of the molecule is Cc1ccc(C(C)NC(=O)c2cc(N)cnc2C)c(C)c1. The molecule has 0 spiro atoms. The summed E-state index contributed by atoms with van der Waals surface area (Å²) in [5.74, 6) is -0.153. The Morgan fingerprint density at radius 2 is 1.95 bits per heavy atom. The Morgan fingerprint density at radius 1 is 1.24 bits per heavy atom. The molecular formula is C17H21N3O. The number of rotatable bonds is 3. The van der Waals surface area contributed by atoms with Crippen molar-refractivity contribution in [1.82, 2.24) is 10.3 Å². The van der Waals surface area contributed by atoms with Crippen LogP contribution in [0.25, 0.3) is 0 Å². The number of benzene rings is 1. The van der Waals surface area contributed by atoms with Gasteiger partial charge in [-0.05, 0) is 44.9 Å². The molecule has 0 bridgehead atoms. The summed E-state index contributed by atoms with van der Waals surface area (Å²) >= 11 is 0. The molecule has 2 rings (SSSR count). The number of aryl methyl sites for hydroxylation is 3. The number of hydrogen-bond acceptors (Lipinski definition) is 3. The van der Waals surface area contributed by atoms with Crippen LogP contribution in [0.1, 0.15) is 45.7 Å². The Morgan fingerprint density at radius 3 is 2.62 bits per heavy atom. The van der Waals surface area contributed by atoms with Gasteiger partial charge >= 0.3 is 0 Å². The summed E-state index contributed by atoms with van der Waals surface area (Å²) < 4.78 is 0. The van der Waals surface area contributed by atoms with Crippen molar-refractivity contribution in [1.29, 1.82) is 0 Å². The zero-order valence-corrected chi connectivity index (χ0v) is 12.9. The minimum Gasteiger partial charge on any atom is -0.397 e. The number of amides is 1. The van der Waals surface area contributed by atoms with Crippen LogP contribution in [0, 0.1) is 20.8 Å². The molecule has 1 aromatic carbocycles. The number of nitrogens with zero attached hydrogens (tertiary/aromatic N) is 1. The minimum atomic E-state index is -0.153. The number of carbonyl (C=O) groups excluding carboxylic acids is 1. The lowest BCUT2D eigenvalue weighted by molar-refractivity contribution is 0.0939. The normalized spacial score (nSPS) is 12.0. The molecule has 0 aliphatic heterocycles. The largest absolute Gasteiger partial charge is 0.397 e. The van der Waals surface area contributed by atoms with E-state index in [1.807, 2.05) is 6.92 Å². The van der Waals surface area contributed by atoms with Crippen molar-refractivity contribution in [3.8, 4) is 0 Å². The Kier molecular flexibility index (Phi) is 4.26. The third-order valence-electron chi connectivity index (χ3n) is 3.59. The highest BCUT2D eigenvalue weighted by Crippen LogP contribution is 2.19. The first kappa shape index (κ1) is 15.0. The number of nitrogens with two attached hydrogens (primary N) is 1. The molecule has 1 aromatic heterocycles. The molecule has 1 heterocycles. The van der Waals surface area contributed by atoms with E-state index >= 15 is 0 Å². The van der Waals surface area contributed by atoms with Gasteiger partial charge in [0.2, 0.25) is 0 Å². The molecular weight excluding hydrogens is 262 g/mol. The molecule has 21 heavy (non-hydrogen) atoms. The van der Waals surface area contributed by atoms with Gasteiger partial charge in [0.25, 0.3) is 5.91 Å². The van der Waals surface area contributed by atoms with E-state index in [0.29, 0.717) is 16.9 Å². The van der Waals surface area contributed by atoms with E-state index in [0.717, 1.165) is 5.56 Å².